The summed E-state index contributed by atoms with van der Waals surface area (Å²) in [7, 11) is 0. The molecule has 7 heteroatoms. The Balaban J connectivity index is 1.82. The number of esters is 1. The van der Waals surface area contributed by atoms with Crippen LogP contribution in [0.25, 0.3) is 11.8 Å². The maximum absolute atomic E-state index is 13.8. The monoisotopic (exact) mass is 509 g/mol. The number of carbonyl (C=O) groups excluding carboxylic acids is 1. The van der Waals surface area contributed by atoms with E-state index >= 15 is 0 Å². The molecule has 37 heavy (non-hydrogen) atoms. The summed E-state index contributed by atoms with van der Waals surface area (Å²) in [6, 6.07) is 20.7. The first-order chi connectivity index (χ1) is 18.0. The van der Waals surface area contributed by atoms with Gasteiger partial charge in [-0.2, -0.15) is 0 Å². The molecule has 0 radical (unpaired) electrons. The van der Waals surface area contributed by atoms with Gasteiger partial charge in [-0.05, 0) is 47.7 Å². The van der Waals surface area contributed by atoms with Crippen LogP contribution in [0.3, 0.4) is 0 Å². The normalized spacial score (nSPS) is 15.5. The van der Waals surface area contributed by atoms with Gasteiger partial charge in [-0.3, -0.25) is 14.3 Å². The summed E-state index contributed by atoms with van der Waals surface area (Å²) in [6.07, 6.45) is 5.21. The van der Waals surface area contributed by atoms with E-state index in [1.807, 2.05) is 60.7 Å². The maximum atomic E-state index is 13.8. The molecular weight excluding hydrogens is 482 g/mol. The molecule has 0 saturated carbocycles. The predicted octanol–water partition coefficient (Wildman–Crippen LogP) is 4.45. The molecule has 0 amide bonds. The van der Waals surface area contributed by atoms with Crippen molar-refractivity contribution in [3.63, 3.8) is 0 Å². The molecule has 186 valence electrons. The summed E-state index contributed by atoms with van der Waals surface area (Å²) in [6.45, 7) is 6.26. The molecule has 0 bridgehead atoms. The molecule has 5 rings (SSSR count). The van der Waals surface area contributed by atoms with Gasteiger partial charge in [-0.1, -0.05) is 79.8 Å². The maximum Gasteiger partial charge on any atom is 0.338 e. The first kappa shape index (κ1) is 24.6. The van der Waals surface area contributed by atoms with Crippen LogP contribution in [0.1, 0.15) is 55.0 Å². The number of fused-ring (bicyclic) bond motifs is 1. The van der Waals surface area contributed by atoms with E-state index in [1.54, 1.807) is 23.9 Å². The first-order valence-corrected chi connectivity index (χ1v) is 13.1. The lowest BCUT2D eigenvalue weighted by Crippen LogP contribution is -2.40. The molecule has 0 fully saturated rings. The molecule has 3 heterocycles. The van der Waals surface area contributed by atoms with Gasteiger partial charge in [-0.25, -0.2) is 9.79 Å². The van der Waals surface area contributed by atoms with Crippen LogP contribution in [0, 0.1) is 0 Å². The van der Waals surface area contributed by atoms with Crippen LogP contribution in [-0.2, 0) is 9.53 Å². The summed E-state index contributed by atoms with van der Waals surface area (Å²) in [5, 5.41) is 0. The number of carbonyl (C=O) groups is 1. The quantitative estimate of drug-likeness (QED) is 0.360. The molecule has 0 spiro atoms. The predicted molar refractivity (Wildman–Crippen MR) is 146 cm³/mol. The van der Waals surface area contributed by atoms with E-state index < -0.39 is 12.0 Å². The second-order valence-corrected chi connectivity index (χ2v) is 10.0. The Kier molecular flexibility index (Phi) is 6.97. The molecule has 0 aliphatic carbocycles. The number of pyridine rings is 1. The van der Waals surface area contributed by atoms with Crippen molar-refractivity contribution >= 4 is 29.1 Å². The average Bonchev–Trinajstić information content (AvgIpc) is 3.23. The zero-order valence-corrected chi connectivity index (χ0v) is 21.7. The topological polar surface area (TPSA) is 73.6 Å². The largest absolute Gasteiger partial charge is 0.463 e. The van der Waals surface area contributed by atoms with Crippen LogP contribution < -0.4 is 14.9 Å². The zero-order valence-electron chi connectivity index (χ0n) is 20.9. The van der Waals surface area contributed by atoms with Crippen LogP contribution in [0.2, 0.25) is 0 Å². The third-order valence-electron chi connectivity index (χ3n) is 6.30. The SMILES string of the molecule is CCOC(=O)C1=C(c2ccccc2)N=c2s/c(=C\c3ccncc3)c(=O)n2[C@@H]1c1ccc(C(C)C)cc1. The highest BCUT2D eigenvalue weighted by Crippen LogP contribution is 2.35. The van der Waals surface area contributed by atoms with Crippen molar-refractivity contribution in [2.24, 2.45) is 4.99 Å². The van der Waals surface area contributed by atoms with Crippen molar-refractivity contribution in [1.29, 1.82) is 0 Å². The summed E-state index contributed by atoms with van der Waals surface area (Å²) < 4.78 is 7.68. The molecule has 0 saturated heterocycles. The minimum absolute atomic E-state index is 0.201. The number of rotatable bonds is 6. The number of nitrogens with zero attached hydrogens (tertiary/aromatic N) is 3. The fourth-order valence-electron chi connectivity index (χ4n) is 4.43. The Morgan fingerprint density at radius 3 is 2.41 bits per heavy atom. The van der Waals surface area contributed by atoms with E-state index in [4.69, 9.17) is 9.73 Å². The Labute approximate surface area is 218 Å². The van der Waals surface area contributed by atoms with Gasteiger partial charge >= 0.3 is 5.97 Å². The van der Waals surface area contributed by atoms with Crippen LogP contribution in [0.4, 0.5) is 0 Å². The molecule has 2 aromatic carbocycles. The van der Waals surface area contributed by atoms with Crippen molar-refractivity contribution in [2.45, 2.75) is 32.7 Å². The molecule has 1 aliphatic rings. The van der Waals surface area contributed by atoms with Crippen molar-refractivity contribution in [1.82, 2.24) is 9.55 Å². The Morgan fingerprint density at radius 2 is 1.76 bits per heavy atom. The van der Waals surface area contributed by atoms with Gasteiger partial charge < -0.3 is 4.74 Å². The molecule has 6 nitrogen and oxygen atoms in total. The first-order valence-electron chi connectivity index (χ1n) is 12.3. The standard InChI is InChI=1S/C30H27N3O3S/c1-4-36-29(35)25-26(22-8-6-5-7-9-22)32-30-33(27(25)23-12-10-21(11-13-23)19(2)3)28(34)24(37-30)18-20-14-16-31-17-15-20/h5-19,27H,4H2,1-3H3/b24-18-/t27-/m1/s1. The van der Waals surface area contributed by atoms with Crippen LogP contribution >= 0.6 is 11.3 Å². The number of benzene rings is 2. The summed E-state index contributed by atoms with van der Waals surface area (Å²) in [5.74, 6) is -0.122. The van der Waals surface area contributed by atoms with Crippen LogP contribution in [-0.4, -0.2) is 22.1 Å². The van der Waals surface area contributed by atoms with Crippen LogP contribution in [0.15, 0.2) is 94.5 Å². The number of ether oxygens (including phenoxy) is 1. The summed E-state index contributed by atoms with van der Waals surface area (Å²) in [5.41, 5.74) is 4.34. The number of hydrogen-bond acceptors (Lipinski definition) is 6. The van der Waals surface area contributed by atoms with Gasteiger partial charge in [0.15, 0.2) is 4.80 Å². The van der Waals surface area contributed by atoms with Gasteiger partial charge in [0.1, 0.15) is 0 Å². The highest BCUT2D eigenvalue weighted by molar-refractivity contribution is 7.07. The van der Waals surface area contributed by atoms with Gasteiger partial charge in [0.05, 0.1) is 28.5 Å². The van der Waals surface area contributed by atoms with Crippen molar-refractivity contribution < 1.29 is 9.53 Å². The van der Waals surface area contributed by atoms with E-state index in [-0.39, 0.29) is 12.2 Å². The lowest BCUT2D eigenvalue weighted by Gasteiger charge is -2.26. The van der Waals surface area contributed by atoms with Gasteiger partial charge in [0.25, 0.3) is 5.56 Å². The van der Waals surface area contributed by atoms with Crippen molar-refractivity contribution in [2.75, 3.05) is 6.61 Å². The molecule has 4 aromatic rings. The Hall–Kier alpha value is -4.10. The minimum Gasteiger partial charge on any atom is -0.463 e. The van der Waals surface area contributed by atoms with Gasteiger partial charge in [0.2, 0.25) is 0 Å². The Bertz CT molecular complexity index is 1630. The molecule has 1 atom stereocenters. The number of aromatic nitrogens is 2. The fourth-order valence-corrected chi connectivity index (χ4v) is 5.43. The van der Waals surface area contributed by atoms with E-state index in [9.17, 15) is 9.59 Å². The summed E-state index contributed by atoms with van der Waals surface area (Å²) >= 11 is 1.31. The third kappa shape index (κ3) is 4.82. The molecule has 0 unspecified atom stereocenters. The third-order valence-corrected chi connectivity index (χ3v) is 7.28. The van der Waals surface area contributed by atoms with E-state index in [0.717, 1.165) is 16.7 Å². The van der Waals surface area contributed by atoms with Gasteiger partial charge in [-0.15, -0.1) is 0 Å². The number of hydrogen-bond donors (Lipinski definition) is 0. The van der Waals surface area contributed by atoms with Gasteiger partial charge in [0, 0.05) is 18.0 Å². The highest BCUT2D eigenvalue weighted by Gasteiger charge is 2.35. The molecule has 1 aliphatic heterocycles. The molecular formula is C30H27N3O3S. The van der Waals surface area contributed by atoms with E-state index in [1.165, 1.54) is 16.9 Å². The van der Waals surface area contributed by atoms with Crippen molar-refractivity contribution in [3.05, 3.63) is 127 Å². The average molecular weight is 510 g/mol. The van der Waals surface area contributed by atoms with E-state index in [0.29, 0.717) is 26.5 Å². The fraction of sp³-hybridized carbons (Fsp3) is 0.200. The smallest absolute Gasteiger partial charge is 0.338 e. The second kappa shape index (κ2) is 10.5. The minimum atomic E-state index is -0.675. The highest BCUT2D eigenvalue weighted by atomic mass is 32.1. The zero-order chi connectivity index (χ0) is 25.9. The van der Waals surface area contributed by atoms with E-state index in [2.05, 4.69) is 31.0 Å². The lowest BCUT2D eigenvalue weighted by atomic mass is 9.91. The summed E-state index contributed by atoms with van der Waals surface area (Å²) in [4.78, 5) is 36.8. The Morgan fingerprint density at radius 1 is 1.05 bits per heavy atom. The second-order valence-electron chi connectivity index (χ2n) is 9.03. The van der Waals surface area contributed by atoms with Crippen LogP contribution in [0.5, 0.6) is 0 Å². The molecule has 0 N–H and O–H groups in total. The number of thiazole rings is 1. The van der Waals surface area contributed by atoms with Crippen molar-refractivity contribution in [3.8, 4) is 0 Å². The molecule has 2 aromatic heterocycles. The lowest BCUT2D eigenvalue weighted by molar-refractivity contribution is -0.138.